The standard InChI is InChI=1S/C22H32O4/c1-6-17(23)25-22(5)10-13-7-14(11-22)19-15-8-12(18(13)19)9-16(15)20(24)26-21(2,3)4/h6,12-16,18-19H,1,7-11H2,2-5H3. The van der Waals surface area contributed by atoms with Gasteiger partial charge in [0.15, 0.2) is 0 Å². The van der Waals surface area contributed by atoms with E-state index in [1.807, 2.05) is 20.8 Å². The van der Waals surface area contributed by atoms with Crippen LogP contribution in [0.1, 0.15) is 59.8 Å². The molecule has 0 spiro atoms. The monoisotopic (exact) mass is 360 g/mol. The van der Waals surface area contributed by atoms with E-state index in [9.17, 15) is 9.59 Å². The lowest BCUT2D eigenvalue weighted by molar-refractivity contribution is -0.163. The maximum atomic E-state index is 12.7. The van der Waals surface area contributed by atoms with Crippen molar-refractivity contribution in [2.24, 2.45) is 41.4 Å². The van der Waals surface area contributed by atoms with Gasteiger partial charge < -0.3 is 9.47 Å². The molecular weight excluding hydrogens is 328 g/mol. The van der Waals surface area contributed by atoms with Gasteiger partial charge >= 0.3 is 11.9 Å². The van der Waals surface area contributed by atoms with E-state index < -0.39 is 5.60 Å². The molecule has 0 radical (unpaired) electrons. The Hall–Kier alpha value is -1.32. The molecule has 8 atom stereocenters. The molecule has 4 heteroatoms. The van der Waals surface area contributed by atoms with Crippen LogP contribution in [0.4, 0.5) is 0 Å². The van der Waals surface area contributed by atoms with Gasteiger partial charge in [0, 0.05) is 6.08 Å². The first-order valence-corrected chi connectivity index (χ1v) is 10.2. The van der Waals surface area contributed by atoms with Crippen LogP contribution >= 0.6 is 0 Å². The SMILES string of the molecule is C=CC(=O)OC1(C)CC2CC(C1)C1C3CC(CC3C(=O)OC(C)(C)C)C21. The quantitative estimate of drug-likeness (QED) is 0.431. The minimum absolute atomic E-state index is 0.00532. The molecule has 4 saturated carbocycles. The Morgan fingerprint density at radius 2 is 1.69 bits per heavy atom. The van der Waals surface area contributed by atoms with Gasteiger partial charge in [-0.15, -0.1) is 0 Å². The lowest BCUT2D eigenvalue weighted by Gasteiger charge is -2.38. The number of hydrogen-bond acceptors (Lipinski definition) is 4. The molecular formula is C22H32O4. The van der Waals surface area contributed by atoms with Crippen molar-refractivity contribution in [2.45, 2.75) is 71.0 Å². The minimum atomic E-state index is -0.415. The summed E-state index contributed by atoms with van der Waals surface area (Å²) in [7, 11) is 0. The van der Waals surface area contributed by atoms with Crippen molar-refractivity contribution in [1.82, 2.24) is 0 Å². The van der Waals surface area contributed by atoms with E-state index in [0.717, 1.165) is 19.3 Å². The van der Waals surface area contributed by atoms with E-state index in [-0.39, 0.29) is 23.5 Å². The summed E-state index contributed by atoms with van der Waals surface area (Å²) in [4.78, 5) is 24.5. The number of carbonyl (C=O) groups excluding carboxylic acids is 2. The highest BCUT2D eigenvalue weighted by molar-refractivity contribution is 5.81. The molecule has 4 aliphatic rings. The van der Waals surface area contributed by atoms with Crippen LogP contribution < -0.4 is 0 Å². The lowest BCUT2D eigenvalue weighted by atomic mass is 9.71. The Bertz CT molecular complexity index is 633. The number of esters is 2. The molecule has 0 aromatic heterocycles. The van der Waals surface area contributed by atoms with E-state index >= 15 is 0 Å². The number of carbonyl (C=O) groups is 2. The lowest BCUT2D eigenvalue weighted by Crippen LogP contribution is -2.39. The predicted octanol–water partition coefficient (Wildman–Crippen LogP) is 4.13. The second-order valence-corrected chi connectivity index (χ2v) is 10.4. The summed E-state index contributed by atoms with van der Waals surface area (Å²) in [5.41, 5.74) is -0.786. The van der Waals surface area contributed by atoms with E-state index in [1.54, 1.807) is 0 Å². The van der Waals surface area contributed by atoms with Gasteiger partial charge in [-0.25, -0.2) is 4.79 Å². The fourth-order valence-corrected chi connectivity index (χ4v) is 7.16. The summed E-state index contributed by atoms with van der Waals surface area (Å²) < 4.78 is 11.5. The van der Waals surface area contributed by atoms with Crippen molar-refractivity contribution >= 4 is 11.9 Å². The zero-order valence-electron chi connectivity index (χ0n) is 16.5. The summed E-state index contributed by atoms with van der Waals surface area (Å²) in [6.45, 7) is 11.5. The van der Waals surface area contributed by atoms with Crippen LogP contribution in [0.15, 0.2) is 12.7 Å². The Balaban J connectivity index is 1.51. The fraction of sp³-hybridized carbons (Fsp3) is 0.818. The Kier molecular flexibility index (Phi) is 4.06. The first kappa shape index (κ1) is 18.1. The molecule has 4 fully saturated rings. The molecule has 4 nitrogen and oxygen atoms in total. The molecule has 144 valence electrons. The van der Waals surface area contributed by atoms with Crippen LogP contribution in [0.5, 0.6) is 0 Å². The Morgan fingerprint density at radius 3 is 2.31 bits per heavy atom. The van der Waals surface area contributed by atoms with Crippen LogP contribution in [0, 0.1) is 41.4 Å². The topological polar surface area (TPSA) is 52.6 Å². The predicted molar refractivity (Wildman–Crippen MR) is 98.1 cm³/mol. The third-order valence-corrected chi connectivity index (χ3v) is 7.44. The highest BCUT2D eigenvalue weighted by Crippen LogP contribution is 2.68. The summed E-state index contributed by atoms with van der Waals surface area (Å²) >= 11 is 0. The molecule has 4 rings (SSSR count). The average molecular weight is 360 g/mol. The highest BCUT2D eigenvalue weighted by atomic mass is 16.6. The van der Waals surface area contributed by atoms with E-state index in [4.69, 9.17) is 9.47 Å². The van der Waals surface area contributed by atoms with Gasteiger partial charge in [-0.3, -0.25) is 4.79 Å². The Labute approximate surface area is 156 Å². The summed E-state index contributed by atoms with van der Waals surface area (Å²) in [6, 6.07) is 0. The summed E-state index contributed by atoms with van der Waals surface area (Å²) in [5.74, 6) is 3.41. The smallest absolute Gasteiger partial charge is 0.330 e. The largest absolute Gasteiger partial charge is 0.460 e. The van der Waals surface area contributed by atoms with E-state index in [2.05, 4.69) is 13.5 Å². The Morgan fingerprint density at radius 1 is 1.04 bits per heavy atom. The van der Waals surface area contributed by atoms with Crippen LogP contribution in [0.2, 0.25) is 0 Å². The maximum Gasteiger partial charge on any atom is 0.330 e. The molecule has 26 heavy (non-hydrogen) atoms. The third-order valence-electron chi connectivity index (χ3n) is 7.44. The second-order valence-electron chi connectivity index (χ2n) is 10.4. The average Bonchev–Trinajstić information content (AvgIpc) is 3.16. The molecule has 4 aliphatic carbocycles. The molecule has 0 aliphatic heterocycles. The van der Waals surface area contributed by atoms with Crippen molar-refractivity contribution in [3.8, 4) is 0 Å². The number of rotatable bonds is 3. The molecule has 0 heterocycles. The second kappa shape index (κ2) is 5.84. The van der Waals surface area contributed by atoms with Crippen LogP contribution in [0.25, 0.3) is 0 Å². The first-order valence-electron chi connectivity index (χ1n) is 10.2. The zero-order chi connectivity index (χ0) is 18.9. The zero-order valence-corrected chi connectivity index (χ0v) is 16.5. The molecule has 0 amide bonds. The van der Waals surface area contributed by atoms with Crippen molar-refractivity contribution in [2.75, 3.05) is 0 Å². The normalized spacial score (nSPS) is 45.9. The van der Waals surface area contributed by atoms with Crippen LogP contribution in [-0.2, 0) is 19.1 Å². The van der Waals surface area contributed by atoms with Gasteiger partial charge in [0.05, 0.1) is 5.92 Å². The molecule has 4 bridgehead atoms. The fourth-order valence-electron chi connectivity index (χ4n) is 7.16. The van der Waals surface area contributed by atoms with Crippen LogP contribution in [-0.4, -0.2) is 23.1 Å². The number of fused-ring (bicyclic) bond motifs is 9. The third kappa shape index (κ3) is 2.90. The molecule has 0 N–H and O–H groups in total. The van der Waals surface area contributed by atoms with Crippen molar-refractivity contribution in [1.29, 1.82) is 0 Å². The molecule has 0 aromatic rings. The van der Waals surface area contributed by atoms with Gasteiger partial charge in [0.1, 0.15) is 11.2 Å². The number of ether oxygens (including phenoxy) is 2. The van der Waals surface area contributed by atoms with Crippen molar-refractivity contribution in [3.05, 3.63) is 12.7 Å². The molecule has 0 aromatic carbocycles. The minimum Gasteiger partial charge on any atom is -0.460 e. The summed E-state index contributed by atoms with van der Waals surface area (Å²) in [6.07, 6.45) is 6.58. The van der Waals surface area contributed by atoms with Crippen molar-refractivity contribution < 1.29 is 19.1 Å². The molecule has 0 saturated heterocycles. The van der Waals surface area contributed by atoms with Crippen molar-refractivity contribution in [3.63, 3.8) is 0 Å². The maximum absolute atomic E-state index is 12.7. The van der Waals surface area contributed by atoms with Crippen LogP contribution in [0.3, 0.4) is 0 Å². The first-order chi connectivity index (χ1) is 12.1. The van der Waals surface area contributed by atoms with Gasteiger partial charge in [0.25, 0.3) is 0 Å². The van der Waals surface area contributed by atoms with E-state index in [0.29, 0.717) is 35.5 Å². The van der Waals surface area contributed by atoms with Gasteiger partial charge in [-0.05, 0) is 95.3 Å². The highest BCUT2D eigenvalue weighted by Gasteiger charge is 2.65. The molecule has 8 unspecified atom stereocenters. The number of hydrogen-bond donors (Lipinski definition) is 0. The van der Waals surface area contributed by atoms with E-state index in [1.165, 1.54) is 18.9 Å². The van der Waals surface area contributed by atoms with Gasteiger partial charge in [-0.1, -0.05) is 6.58 Å². The summed E-state index contributed by atoms with van der Waals surface area (Å²) in [5, 5.41) is 0. The van der Waals surface area contributed by atoms with Gasteiger partial charge in [-0.2, -0.15) is 0 Å². The van der Waals surface area contributed by atoms with Gasteiger partial charge in [0.2, 0.25) is 0 Å².